The fourth-order valence-electron chi connectivity index (χ4n) is 2.39. The zero-order chi connectivity index (χ0) is 19.6. The Hall–Kier alpha value is -2.50. The van der Waals surface area contributed by atoms with E-state index in [0.717, 1.165) is 35.3 Å². The number of hydrogen-bond donors (Lipinski definition) is 2. The summed E-state index contributed by atoms with van der Waals surface area (Å²) >= 11 is 0. The van der Waals surface area contributed by atoms with E-state index in [-0.39, 0.29) is 0 Å². The summed E-state index contributed by atoms with van der Waals surface area (Å²) < 4.78 is 11.3. The molecule has 0 fully saturated rings. The summed E-state index contributed by atoms with van der Waals surface area (Å²) in [6.07, 6.45) is 0. The molecule has 2 rings (SSSR count). The van der Waals surface area contributed by atoms with E-state index < -0.39 is 0 Å². The minimum atomic E-state index is 0.353. The van der Waals surface area contributed by atoms with Crippen LogP contribution in [0.3, 0.4) is 0 Å². The summed E-state index contributed by atoms with van der Waals surface area (Å²) in [5.74, 6) is 3.26. The van der Waals surface area contributed by atoms with Crippen molar-refractivity contribution in [3.63, 3.8) is 0 Å². The quantitative estimate of drug-likeness (QED) is 0.512. The number of nitrogens with zero attached hydrogens (tertiary/aromatic N) is 2. The molecule has 1 aromatic carbocycles. The number of para-hydroxylation sites is 1. The highest BCUT2D eigenvalue weighted by atomic mass is 16.5. The van der Waals surface area contributed by atoms with Gasteiger partial charge in [-0.05, 0) is 24.8 Å². The minimum Gasteiger partial charge on any atom is -0.493 e. The van der Waals surface area contributed by atoms with Crippen LogP contribution >= 0.6 is 0 Å². The molecule has 6 heteroatoms. The molecule has 148 valence electrons. The molecule has 0 unspecified atom stereocenters. The number of guanidine groups is 1. The number of ether oxygens (including phenoxy) is 1. The average molecular weight is 373 g/mol. The normalized spacial score (nSPS) is 11.9. The second-order valence-corrected chi connectivity index (χ2v) is 7.23. The molecule has 2 aromatic rings. The van der Waals surface area contributed by atoms with E-state index in [9.17, 15) is 0 Å². The molecule has 0 aliphatic rings. The van der Waals surface area contributed by atoms with Crippen LogP contribution in [0.2, 0.25) is 0 Å². The molecule has 0 bridgehead atoms. The molecule has 27 heavy (non-hydrogen) atoms. The molecular formula is C21H32N4O2. The van der Waals surface area contributed by atoms with Crippen LogP contribution in [0.1, 0.15) is 57.6 Å². The van der Waals surface area contributed by atoms with E-state index in [4.69, 9.17) is 9.26 Å². The molecule has 1 heterocycles. The van der Waals surface area contributed by atoms with Gasteiger partial charge in [0, 0.05) is 18.2 Å². The first-order valence-corrected chi connectivity index (χ1v) is 9.68. The van der Waals surface area contributed by atoms with Crippen LogP contribution in [0.25, 0.3) is 0 Å². The van der Waals surface area contributed by atoms with Gasteiger partial charge >= 0.3 is 0 Å². The third-order valence-electron chi connectivity index (χ3n) is 3.90. The van der Waals surface area contributed by atoms with Crippen LogP contribution < -0.4 is 15.4 Å². The number of hydrogen-bond acceptors (Lipinski definition) is 4. The van der Waals surface area contributed by atoms with E-state index in [1.54, 1.807) is 0 Å². The highest BCUT2D eigenvalue weighted by Crippen LogP contribution is 2.19. The Morgan fingerprint density at radius 3 is 2.63 bits per heavy atom. The van der Waals surface area contributed by atoms with Crippen LogP contribution in [0.15, 0.2) is 39.8 Å². The molecule has 1 aromatic heterocycles. The summed E-state index contributed by atoms with van der Waals surface area (Å²) in [6, 6.07) is 10.0. The van der Waals surface area contributed by atoms with Gasteiger partial charge in [0.2, 0.25) is 0 Å². The van der Waals surface area contributed by atoms with E-state index in [2.05, 4.69) is 48.5 Å². The third-order valence-corrected chi connectivity index (χ3v) is 3.90. The van der Waals surface area contributed by atoms with Crippen molar-refractivity contribution in [1.82, 2.24) is 15.8 Å². The smallest absolute Gasteiger partial charge is 0.191 e. The van der Waals surface area contributed by atoms with Gasteiger partial charge in [0.1, 0.15) is 5.75 Å². The number of rotatable bonds is 9. The first-order valence-electron chi connectivity index (χ1n) is 9.68. The maximum Gasteiger partial charge on any atom is 0.191 e. The van der Waals surface area contributed by atoms with Gasteiger partial charge in [0.15, 0.2) is 11.7 Å². The topological polar surface area (TPSA) is 71.7 Å². The van der Waals surface area contributed by atoms with Crippen LogP contribution in [-0.4, -0.2) is 24.3 Å². The molecule has 0 amide bonds. The summed E-state index contributed by atoms with van der Waals surface area (Å²) in [5.41, 5.74) is 2.03. The van der Waals surface area contributed by atoms with Crippen molar-refractivity contribution in [1.29, 1.82) is 0 Å². The Balaban J connectivity index is 2.00. The van der Waals surface area contributed by atoms with Crippen LogP contribution in [0, 0.1) is 5.92 Å². The molecule has 0 aliphatic heterocycles. The largest absolute Gasteiger partial charge is 0.493 e. The van der Waals surface area contributed by atoms with Gasteiger partial charge in [-0.25, -0.2) is 4.99 Å². The monoisotopic (exact) mass is 372 g/mol. The number of aliphatic imine (C=N–C) groups is 1. The van der Waals surface area contributed by atoms with Crippen molar-refractivity contribution in [2.24, 2.45) is 10.9 Å². The molecule has 0 spiro atoms. The van der Waals surface area contributed by atoms with Gasteiger partial charge in [0.05, 0.1) is 25.4 Å². The van der Waals surface area contributed by atoms with Crippen molar-refractivity contribution >= 4 is 5.96 Å². The fraction of sp³-hybridized carbons (Fsp3) is 0.524. The zero-order valence-electron chi connectivity index (χ0n) is 17.1. The lowest BCUT2D eigenvalue weighted by Gasteiger charge is -2.13. The summed E-state index contributed by atoms with van der Waals surface area (Å²) in [6.45, 7) is 13.1. The number of benzene rings is 1. The van der Waals surface area contributed by atoms with Gasteiger partial charge in [-0.15, -0.1) is 0 Å². The summed E-state index contributed by atoms with van der Waals surface area (Å²) in [4.78, 5) is 4.68. The van der Waals surface area contributed by atoms with Gasteiger partial charge < -0.3 is 19.9 Å². The van der Waals surface area contributed by atoms with Gasteiger partial charge in [-0.3, -0.25) is 0 Å². The van der Waals surface area contributed by atoms with Gasteiger partial charge in [-0.2, -0.15) is 0 Å². The maximum atomic E-state index is 5.91. The van der Waals surface area contributed by atoms with Crippen molar-refractivity contribution < 1.29 is 9.26 Å². The van der Waals surface area contributed by atoms with E-state index in [1.165, 1.54) is 0 Å². The Labute approximate surface area is 162 Å². The second kappa shape index (κ2) is 10.6. The fourth-order valence-corrected chi connectivity index (χ4v) is 2.39. The average Bonchev–Trinajstić information content (AvgIpc) is 3.12. The number of aromatic nitrogens is 1. The van der Waals surface area contributed by atoms with Crippen LogP contribution in [0.5, 0.6) is 5.75 Å². The molecule has 0 aliphatic carbocycles. The Morgan fingerprint density at radius 1 is 1.19 bits per heavy atom. The van der Waals surface area contributed by atoms with E-state index in [1.807, 2.05) is 37.3 Å². The van der Waals surface area contributed by atoms with Crippen LogP contribution in [0.4, 0.5) is 0 Å². The Bertz CT molecular complexity index is 722. The molecule has 0 atom stereocenters. The van der Waals surface area contributed by atoms with Crippen molar-refractivity contribution in [3.05, 3.63) is 47.3 Å². The van der Waals surface area contributed by atoms with Crippen molar-refractivity contribution in [2.75, 3.05) is 13.2 Å². The molecule has 0 saturated carbocycles. The van der Waals surface area contributed by atoms with Crippen molar-refractivity contribution in [2.45, 2.75) is 53.6 Å². The zero-order valence-corrected chi connectivity index (χ0v) is 17.1. The van der Waals surface area contributed by atoms with Crippen LogP contribution in [-0.2, 0) is 13.1 Å². The summed E-state index contributed by atoms with van der Waals surface area (Å²) in [7, 11) is 0. The minimum absolute atomic E-state index is 0.353. The molecular weight excluding hydrogens is 340 g/mol. The lowest BCUT2D eigenvalue weighted by Crippen LogP contribution is -2.36. The van der Waals surface area contributed by atoms with E-state index >= 15 is 0 Å². The highest BCUT2D eigenvalue weighted by molar-refractivity contribution is 5.79. The first kappa shape index (κ1) is 20.8. The molecule has 0 saturated heterocycles. The standard InChI is InChI=1S/C21H32N4O2/c1-6-22-21(24-13-18-11-19(16(4)5)25-27-18)23-12-17-9-7-8-10-20(17)26-14-15(2)3/h7-11,15-16H,6,12-14H2,1-5H3,(H2,22,23,24). The predicted octanol–water partition coefficient (Wildman–Crippen LogP) is 4.09. The van der Waals surface area contributed by atoms with Crippen molar-refractivity contribution in [3.8, 4) is 5.75 Å². The number of nitrogens with one attached hydrogen (secondary N) is 2. The summed E-state index contributed by atoms with van der Waals surface area (Å²) in [5, 5.41) is 10.6. The molecule has 2 N–H and O–H groups in total. The first-order chi connectivity index (χ1) is 13.0. The second-order valence-electron chi connectivity index (χ2n) is 7.23. The van der Waals surface area contributed by atoms with Gasteiger partial charge in [-0.1, -0.05) is 51.1 Å². The Morgan fingerprint density at radius 2 is 1.96 bits per heavy atom. The molecule has 0 radical (unpaired) electrons. The van der Waals surface area contributed by atoms with E-state index in [0.29, 0.717) is 31.5 Å². The predicted molar refractivity (Wildman–Crippen MR) is 109 cm³/mol. The highest BCUT2D eigenvalue weighted by Gasteiger charge is 2.09. The lowest BCUT2D eigenvalue weighted by molar-refractivity contribution is 0.268. The SMILES string of the molecule is CCNC(=NCc1ccccc1OCC(C)C)NCc1cc(C(C)C)no1. The lowest BCUT2D eigenvalue weighted by atomic mass is 10.1. The maximum absolute atomic E-state index is 5.91. The van der Waals surface area contributed by atoms with Gasteiger partial charge in [0.25, 0.3) is 0 Å². The third kappa shape index (κ3) is 6.96. The Kier molecular flexibility index (Phi) is 8.17. The molecule has 6 nitrogen and oxygen atoms in total.